The van der Waals surface area contributed by atoms with E-state index in [-0.39, 0.29) is 18.5 Å². The first-order chi connectivity index (χ1) is 8.04. The Hall–Kier alpha value is -0.450. The molecule has 1 aromatic carbocycles. The second-order valence-electron chi connectivity index (χ2n) is 4.32. The van der Waals surface area contributed by atoms with Crippen LogP contribution in [0.15, 0.2) is 22.7 Å². The van der Waals surface area contributed by atoms with Gasteiger partial charge in [0, 0.05) is 23.2 Å². The van der Waals surface area contributed by atoms with E-state index in [0.29, 0.717) is 6.04 Å². The summed E-state index contributed by atoms with van der Waals surface area (Å²) in [5, 5.41) is 12.2. The van der Waals surface area contributed by atoms with Crippen LogP contribution in [-0.4, -0.2) is 17.8 Å². The van der Waals surface area contributed by atoms with Gasteiger partial charge in [-0.2, -0.15) is 0 Å². The van der Waals surface area contributed by atoms with Crippen molar-refractivity contribution in [1.29, 1.82) is 0 Å². The molecule has 0 bridgehead atoms. The zero-order valence-corrected chi connectivity index (χ0v) is 11.8. The maximum Gasteiger partial charge on any atom is 0.124 e. The average molecular weight is 304 g/mol. The Morgan fingerprint density at radius 2 is 2.12 bits per heavy atom. The standard InChI is InChI=1S/C13H19BrFNO/c1-9(4-3-7-17)16-10(2)12-6-5-11(15)8-13(12)14/h5-6,8-10,16-17H,3-4,7H2,1-2H3. The molecule has 2 atom stereocenters. The van der Waals surface area contributed by atoms with Crippen LogP contribution in [0, 0.1) is 5.82 Å². The number of halogens is 2. The fraction of sp³-hybridized carbons (Fsp3) is 0.538. The summed E-state index contributed by atoms with van der Waals surface area (Å²) in [7, 11) is 0. The number of nitrogens with one attached hydrogen (secondary N) is 1. The summed E-state index contributed by atoms with van der Waals surface area (Å²) in [6.45, 7) is 4.36. The molecule has 0 saturated carbocycles. The summed E-state index contributed by atoms with van der Waals surface area (Å²) in [5.74, 6) is -0.235. The molecule has 2 unspecified atom stereocenters. The molecule has 0 fully saturated rings. The summed E-state index contributed by atoms with van der Waals surface area (Å²) < 4.78 is 13.7. The summed E-state index contributed by atoms with van der Waals surface area (Å²) in [6.07, 6.45) is 1.73. The van der Waals surface area contributed by atoms with Crippen LogP contribution >= 0.6 is 15.9 Å². The minimum absolute atomic E-state index is 0.152. The van der Waals surface area contributed by atoms with Crippen molar-refractivity contribution >= 4 is 15.9 Å². The lowest BCUT2D eigenvalue weighted by atomic mass is 10.1. The van der Waals surface area contributed by atoms with Gasteiger partial charge in [0.2, 0.25) is 0 Å². The highest BCUT2D eigenvalue weighted by Gasteiger charge is 2.12. The summed E-state index contributed by atoms with van der Waals surface area (Å²) in [5.41, 5.74) is 1.04. The quantitative estimate of drug-likeness (QED) is 0.844. The molecule has 4 heteroatoms. The zero-order valence-electron chi connectivity index (χ0n) is 10.2. The third-order valence-electron chi connectivity index (χ3n) is 2.76. The van der Waals surface area contributed by atoms with Gasteiger partial charge in [0.15, 0.2) is 0 Å². The van der Waals surface area contributed by atoms with Crippen molar-refractivity contribution in [2.75, 3.05) is 6.61 Å². The lowest BCUT2D eigenvalue weighted by Crippen LogP contribution is -2.29. The molecule has 17 heavy (non-hydrogen) atoms. The summed E-state index contributed by atoms with van der Waals surface area (Å²) in [4.78, 5) is 0. The van der Waals surface area contributed by atoms with Crippen molar-refractivity contribution in [2.24, 2.45) is 0 Å². The SMILES string of the molecule is CC(CCCO)NC(C)c1ccc(F)cc1Br. The van der Waals surface area contributed by atoms with Crippen LogP contribution in [0.4, 0.5) is 4.39 Å². The van der Waals surface area contributed by atoms with Crippen LogP contribution < -0.4 is 5.32 Å². The molecule has 0 aliphatic rings. The molecular weight excluding hydrogens is 285 g/mol. The highest BCUT2D eigenvalue weighted by molar-refractivity contribution is 9.10. The molecule has 1 rings (SSSR count). The molecule has 0 aromatic heterocycles. The molecule has 0 radical (unpaired) electrons. The van der Waals surface area contributed by atoms with E-state index in [9.17, 15) is 4.39 Å². The molecule has 0 heterocycles. The van der Waals surface area contributed by atoms with Crippen molar-refractivity contribution in [3.8, 4) is 0 Å². The molecule has 0 aliphatic carbocycles. The van der Waals surface area contributed by atoms with E-state index in [1.165, 1.54) is 12.1 Å². The van der Waals surface area contributed by atoms with Crippen LogP contribution in [0.5, 0.6) is 0 Å². The van der Waals surface area contributed by atoms with Gasteiger partial charge in [0.05, 0.1) is 0 Å². The van der Waals surface area contributed by atoms with Crippen LogP contribution in [0.3, 0.4) is 0 Å². The Morgan fingerprint density at radius 3 is 2.71 bits per heavy atom. The van der Waals surface area contributed by atoms with Gasteiger partial charge in [0.25, 0.3) is 0 Å². The Bertz CT molecular complexity index is 359. The fourth-order valence-electron chi connectivity index (χ4n) is 1.85. The van der Waals surface area contributed by atoms with Crippen molar-refractivity contribution in [3.63, 3.8) is 0 Å². The molecule has 1 aromatic rings. The lowest BCUT2D eigenvalue weighted by Gasteiger charge is -2.21. The van der Waals surface area contributed by atoms with E-state index < -0.39 is 0 Å². The second kappa shape index (κ2) is 7.09. The van der Waals surface area contributed by atoms with Gasteiger partial charge < -0.3 is 10.4 Å². The average Bonchev–Trinajstić information content (AvgIpc) is 2.26. The van der Waals surface area contributed by atoms with Gasteiger partial charge in [-0.1, -0.05) is 22.0 Å². The van der Waals surface area contributed by atoms with E-state index >= 15 is 0 Å². The number of aliphatic hydroxyl groups is 1. The molecule has 2 N–H and O–H groups in total. The number of hydrogen-bond acceptors (Lipinski definition) is 2. The van der Waals surface area contributed by atoms with Crippen LogP contribution in [0.25, 0.3) is 0 Å². The third-order valence-corrected chi connectivity index (χ3v) is 3.45. The highest BCUT2D eigenvalue weighted by Crippen LogP contribution is 2.24. The molecule has 0 spiro atoms. The van der Waals surface area contributed by atoms with Crippen molar-refractivity contribution < 1.29 is 9.50 Å². The molecule has 0 aliphatic heterocycles. The first kappa shape index (κ1) is 14.6. The Morgan fingerprint density at radius 1 is 1.41 bits per heavy atom. The molecule has 0 amide bonds. The van der Waals surface area contributed by atoms with Gasteiger partial charge in [-0.15, -0.1) is 0 Å². The third kappa shape index (κ3) is 4.74. The topological polar surface area (TPSA) is 32.3 Å². The summed E-state index contributed by atoms with van der Waals surface area (Å²) >= 11 is 3.37. The van der Waals surface area contributed by atoms with Gasteiger partial charge in [-0.05, 0) is 44.4 Å². The first-order valence-electron chi connectivity index (χ1n) is 5.86. The number of rotatable bonds is 6. The van der Waals surface area contributed by atoms with E-state index in [0.717, 1.165) is 22.9 Å². The maximum atomic E-state index is 13.0. The van der Waals surface area contributed by atoms with Crippen LogP contribution in [0.2, 0.25) is 0 Å². The smallest absolute Gasteiger partial charge is 0.124 e. The molecule has 0 saturated heterocycles. The molecular formula is C13H19BrFNO. The highest BCUT2D eigenvalue weighted by atomic mass is 79.9. The summed E-state index contributed by atoms with van der Waals surface area (Å²) in [6, 6.07) is 5.21. The number of benzene rings is 1. The number of hydrogen-bond donors (Lipinski definition) is 2. The predicted molar refractivity (Wildman–Crippen MR) is 71.4 cm³/mol. The lowest BCUT2D eigenvalue weighted by molar-refractivity contribution is 0.274. The monoisotopic (exact) mass is 303 g/mol. The van der Waals surface area contributed by atoms with E-state index in [1.54, 1.807) is 6.07 Å². The van der Waals surface area contributed by atoms with Crippen molar-refractivity contribution in [2.45, 2.75) is 38.8 Å². The zero-order chi connectivity index (χ0) is 12.8. The van der Waals surface area contributed by atoms with Gasteiger partial charge >= 0.3 is 0 Å². The maximum absolute atomic E-state index is 13.0. The minimum Gasteiger partial charge on any atom is -0.396 e. The number of aliphatic hydroxyl groups excluding tert-OH is 1. The van der Waals surface area contributed by atoms with Crippen LogP contribution in [0.1, 0.15) is 38.3 Å². The second-order valence-corrected chi connectivity index (χ2v) is 5.18. The molecule has 2 nitrogen and oxygen atoms in total. The largest absolute Gasteiger partial charge is 0.396 e. The Labute approximate surface area is 110 Å². The van der Waals surface area contributed by atoms with Crippen molar-refractivity contribution in [3.05, 3.63) is 34.1 Å². The Balaban J connectivity index is 2.60. The van der Waals surface area contributed by atoms with E-state index in [4.69, 9.17) is 5.11 Å². The van der Waals surface area contributed by atoms with E-state index in [1.807, 2.05) is 6.92 Å². The van der Waals surface area contributed by atoms with E-state index in [2.05, 4.69) is 28.2 Å². The van der Waals surface area contributed by atoms with Crippen LogP contribution in [-0.2, 0) is 0 Å². The minimum atomic E-state index is -0.235. The first-order valence-corrected chi connectivity index (χ1v) is 6.65. The van der Waals surface area contributed by atoms with Gasteiger partial charge in [-0.25, -0.2) is 4.39 Å². The van der Waals surface area contributed by atoms with Crippen molar-refractivity contribution in [1.82, 2.24) is 5.32 Å². The molecule has 96 valence electrons. The predicted octanol–water partition coefficient (Wildman–Crippen LogP) is 3.40. The fourth-order valence-corrected chi connectivity index (χ4v) is 2.54. The normalized spacial score (nSPS) is 14.6. The van der Waals surface area contributed by atoms with Gasteiger partial charge in [-0.3, -0.25) is 0 Å². The van der Waals surface area contributed by atoms with Gasteiger partial charge in [0.1, 0.15) is 5.82 Å². The Kier molecular flexibility index (Phi) is 6.09.